The number of nitrogens with one attached hydrogen (secondary N) is 4. The van der Waals surface area contributed by atoms with Crippen LogP contribution in [-0.2, 0) is 54.3 Å². The average molecular weight is 1080 g/mol. The van der Waals surface area contributed by atoms with Crippen molar-refractivity contribution < 1.29 is 52.5 Å². The van der Waals surface area contributed by atoms with Crippen molar-refractivity contribution in [1.82, 2.24) is 35.6 Å². The summed E-state index contributed by atoms with van der Waals surface area (Å²) >= 11 is 6.45. The van der Waals surface area contributed by atoms with Crippen molar-refractivity contribution in [1.29, 1.82) is 0 Å². The molecule has 1 aliphatic heterocycles. The lowest BCUT2D eigenvalue weighted by Crippen LogP contribution is -2.54. The second-order valence-electron chi connectivity index (χ2n) is 19.4. The number of ether oxygens (including phenoxy) is 4. The van der Waals surface area contributed by atoms with E-state index < -0.39 is 47.7 Å². The smallest absolute Gasteiger partial charge is 0.259 e. The number of amides is 7. The molecule has 4 N–H and O–H groups in total. The lowest BCUT2D eigenvalue weighted by atomic mass is 9.94. The summed E-state index contributed by atoms with van der Waals surface area (Å²) in [5.41, 5.74) is 2.85. The molecule has 0 saturated carbocycles. The summed E-state index contributed by atoms with van der Waals surface area (Å²) in [6, 6.07) is 21.7. The normalized spacial score (nSPS) is 13.5. The molecule has 0 bridgehead atoms. The van der Waals surface area contributed by atoms with Gasteiger partial charge in [-0.05, 0) is 79.5 Å². The molecule has 19 nitrogen and oxygen atoms in total. The molecule has 1 aromatic heterocycles. The molecule has 4 aromatic rings. The molecule has 0 radical (unpaired) electrons. The van der Waals surface area contributed by atoms with Gasteiger partial charge in [-0.2, -0.15) is 0 Å². The van der Waals surface area contributed by atoms with Gasteiger partial charge in [-0.1, -0.05) is 87.3 Å². The molecular formula is C57H74ClN7O12. The number of nitrogens with zero attached hydrogens (tertiary/aromatic N) is 3. The number of rotatable bonds is 33. The van der Waals surface area contributed by atoms with Crippen molar-refractivity contribution in [3.63, 3.8) is 0 Å². The van der Waals surface area contributed by atoms with Crippen molar-refractivity contribution >= 4 is 63.7 Å². The Bertz CT molecular complexity index is 2700. The minimum atomic E-state index is -0.945. The number of halogens is 1. The van der Waals surface area contributed by atoms with E-state index in [1.54, 1.807) is 60.6 Å². The van der Waals surface area contributed by atoms with E-state index in [2.05, 4.69) is 21.3 Å². The molecule has 3 aromatic carbocycles. The average Bonchev–Trinajstić information content (AvgIpc) is 3.74. The number of benzene rings is 3. The number of fused-ring (bicyclic) bond motifs is 1. The molecular weight excluding hydrogens is 1010 g/mol. The summed E-state index contributed by atoms with van der Waals surface area (Å²) in [6.07, 6.45) is 2.71. The minimum Gasteiger partial charge on any atom is -0.379 e. The Morgan fingerprint density at radius 3 is 1.90 bits per heavy atom. The number of pyridine rings is 1. The van der Waals surface area contributed by atoms with Gasteiger partial charge in [0.1, 0.15) is 12.1 Å². The van der Waals surface area contributed by atoms with E-state index in [-0.39, 0.29) is 101 Å². The van der Waals surface area contributed by atoms with Crippen LogP contribution >= 0.6 is 11.6 Å². The number of hydrogen-bond donors (Lipinski definition) is 4. The van der Waals surface area contributed by atoms with Crippen LogP contribution in [-0.4, -0.2) is 147 Å². The van der Waals surface area contributed by atoms with Crippen molar-refractivity contribution in [3.8, 4) is 0 Å². The molecule has 77 heavy (non-hydrogen) atoms. The Hall–Kier alpha value is -6.77. The Morgan fingerprint density at radius 1 is 0.649 bits per heavy atom. The quantitative estimate of drug-likeness (QED) is 0.0369. The lowest BCUT2D eigenvalue weighted by molar-refractivity contribution is -0.137. The topological polar surface area (TPSA) is 233 Å². The highest BCUT2D eigenvalue weighted by molar-refractivity contribution is 6.31. The van der Waals surface area contributed by atoms with Crippen LogP contribution in [0.15, 0.2) is 95.8 Å². The van der Waals surface area contributed by atoms with E-state index in [1.165, 1.54) is 12.2 Å². The van der Waals surface area contributed by atoms with E-state index in [0.29, 0.717) is 59.9 Å². The summed E-state index contributed by atoms with van der Waals surface area (Å²) < 4.78 is 23.7. The first-order valence-electron chi connectivity index (χ1n) is 26.2. The largest absolute Gasteiger partial charge is 0.379 e. The van der Waals surface area contributed by atoms with Crippen molar-refractivity contribution in [2.45, 2.75) is 85.5 Å². The maximum Gasteiger partial charge on any atom is 0.259 e. The second-order valence-corrected chi connectivity index (χ2v) is 19.8. The Kier molecular flexibility index (Phi) is 25.0. The predicted octanol–water partition coefficient (Wildman–Crippen LogP) is 4.89. The maximum atomic E-state index is 14.6. The molecule has 20 heteroatoms. The summed E-state index contributed by atoms with van der Waals surface area (Å²) in [6.45, 7) is 14.2. The van der Waals surface area contributed by atoms with Crippen molar-refractivity contribution in [2.24, 2.45) is 11.8 Å². The first-order chi connectivity index (χ1) is 36.9. The Balaban J connectivity index is 1.02. The fourth-order valence-corrected chi connectivity index (χ4v) is 8.70. The Morgan fingerprint density at radius 2 is 1.27 bits per heavy atom. The molecule has 416 valence electrons. The van der Waals surface area contributed by atoms with Gasteiger partial charge >= 0.3 is 0 Å². The molecule has 0 fully saturated rings. The first-order valence-corrected chi connectivity index (χ1v) is 26.6. The summed E-state index contributed by atoms with van der Waals surface area (Å²) in [5, 5.41) is 12.7. The second kappa shape index (κ2) is 31.5. The molecule has 0 aliphatic carbocycles. The van der Waals surface area contributed by atoms with Gasteiger partial charge in [0.05, 0.1) is 65.4 Å². The number of aromatic nitrogens is 1. The van der Waals surface area contributed by atoms with Gasteiger partial charge in [0.2, 0.25) is 23.6 Å². The van der Waals surface area contributed by atoms with Gasteiger partial charge < -0.3 is 49.7 Å². The number of aryl methyl sites for hydroxylation is 1. The van der Waals surface area contributed by atoms with Crippen LogP contribution in [0, 0.1) is 18.8 Å². The van der Waals surface area contributed by atoms with Crippen LogP contribution in [0.25, 0.3) is 10.8 Å². The number of carbonyl (C=O) groups is 7. The van der Waals surface area contributed by atoms with E-state index in [1.807, 2.05) is 69.3 Å². The van der Waals surface area contributed by atoms with Crippen LogP contribution in [0.1, 0.15) is 87.1 Å². The number of imide groups is 1. The van der Waals surface area contributed by atoms with Gasteiger partial charge in [0.25, 0.3) is 23.3 Å². The number of carbonyl (C=O) groups excluding carboxylic acids is 7. The fourth-order valence-electron chi connectivity index (χ4n) is 8.52. The monoisotopic (exact) mass is 1080 g/mol. The van der Waals surface area contributed by atoms with Crippen LogP contribution in [0.4, 0.5) is 0 Å². The van der Waals surface area contributed by atoms with Crippen LogP contribution < -0.4 is 26.8 Å². The zero-order valence-electron chi connectivity index (χ0n) is 45.0. The van der Waals surface area contributed by atoms with Crippen LogP contribution in [0.5, 0.6) is 0 Å². The van der Waals surface area contributed by atoms with Crippen molar-refractivity contribution in [2.75, 3.05) is 79.0 Å². The molecule has 3 atom stereocenters. The minimum absolute atomic E-state index is 0.000933. The highest BCUT2D eigenvalue weighted by Gasteiger charge is 2.32. The zero-order chi connectivity index (χ0) is 55.9. The highest BCUT2D eigenvalue weighted by Crippen LogP contribution is 2.33. The molecule has 5 rings (SSSR count). The lowest BCUT2D eigenvalue weighted by Gasteiger charge is -2.36. The Labute approximate surface area is 455 Å². The van der Waals surface area contributed by atoms with Gasteiger partial charge in [-0.3, -0.25) is 43.3 Å². The van der Waals surface area contributed by atoms with Crippen LogP contribution in [0.3, 0.4) is 0 Å². The summed E-state index contributed by atoms with van der Waals surface area (Å²) in [7, 11) is 0. The van der Waals surface area contributed by atoms with Gasteiger partial charge in [0.15, 0.2) is 0 Å². The van der Waals surface area contributed by atoms with Gasteiger partial charge in [-0.15, -0.1) is 0 Å². The maximum absolute atomic E-state index is 14.6. The highest BCUT2D eigenvalue weighted by atomic mass is 35.5. The summed E-state index contributed by atoms with van der Waals surface area (Å²) in [5.74, 6) is -3.18. The SMILES string of the molecule is Cc1ccc(C(=O)N(CCCNC(=O)[C@H](C)NC(=O)[C@@H](NC(=O)CCOCCOCCOCCOCCNC(=O)CCN2C(=O)C=CC2=O)C(C)C)[C@@H](c2cc3cc(Cl)ccc3c(=O)n2Cc2ccccc2)C(C)C)cc1. The summed E-state index contributed by atoms with van der Waals surface area (Å²) in [4.78, 5) is 107. The molecule has 0 saturated heterocycles. The molecule has 2 heterocycles. The fraction of sp³-hybridized carbons (Fsp3) is 0.474. The van der Waals surface area contributed by atoms with E-state index in [0.717, 1.165) is 16.0 Å². The van der Waals surface area contributed by atoms with Gasteiger partial charge in [-0.25, -0.2) is 0 Å². The van der Waals surface area contributed by atoms with Gasteiger partial charge in [0, 0.05) is 72.8 Å². The molecule has 0 unspecified atom stereocenters. The molecule has 7 amide bonds. The zero-order valence-corrected chi connectivity index (χ0v) is 45.7. The molecule has 1 aliphatic rings. The predicted molar refractivity (Wildman–Crippen MR) is 292 cm³/mol. The first kappa shape index (κ1) is 61.1. The van der Waals surface area contributed by atoms with Crippen LogP contribution in [0.2, 0.25) is 5.02 Å². The van der Waals surface area contributed by atoms with E-state index >= 15 is 0 Å². The van der Waals surface area contributed by atoms with Crippen molar-refractivity contribution in [3.05, 3.63) is 129 Å². The standard InChI is InChI=1S/C57H74ClN7O12/c1-38(2)52(62-49(67)22-27-74-29-31-76-33-34-77-32-30-75-28-24-59-48(66)21-26-63-50(68)19-20-51(63)69)55(71)61-41(6)54(70)60-23-10-25-64(56(72)43-15-13-40(5)14-16-43)53(39(3)4)47-36-44-35-45(58)17-18-46(44)57(73)65(47)37-42-11-8-7-9-12-42/h7-9,11-20,35-36,38-39,41,52-53H,10,21-34,37H2,1-6H3,(H,59,66)(H,60,70)(H,61,71)(H,62,67)/t41-,52-,53+/m0/s1. The third kappa shape index (κ3) is 19.3. The third-order valence-corrected chi connectivity index (χ3v) is 12.9. The third-order valence-electron chi connectivity index (χ3n) is 12.6. The van der Waals surface area contributed by atoms with E-state index in [9.17, 15) is 38.4 Å². The number of hydrogen-bond acceptors (Lipinski definition) is 12. The van der Waals surface area contributed by atoms with E-state index in [4.69, 9.17) is 30.5 Å². The molecule has 0 spiro atoms.